The van der Waals surface area contributed by atoms with Crippen LogP contribution in [0.1, 0.15) is 39.1 Å². The highest BCUT2D eigenvalue weighted by atomic mass is 35.5. The van der Waals surface area contributed by atoms with Crippen LogP contribution in [0.5, 0.6) is 0 Å². The van der Waals surface area contributed by atoms with E-state index in [1.54, 1.807) is 29.2 Å². The first kappa shape index (κ1) is 20.9. The molecule has 1 aliphatic rings. The number of hydrogen-bond donors (Lipinski definition) is 2. The first-order valence-corrected chi connectivity index (χ1v) is 8.72. The number of benzene rings is 2. The molecule has 0 unspecified atom stereocenters. The molecule has 2 amide bonds. The van der Waals surface area contributed by atoms with E-state index in [9.17, 15) is 14.0 Å². The molecule has 1 fully saturated rings. The van der Waals surface area contributed by atoms with E-state index >= 15 is 0 Å². The number of likely N-dealkylation sites (tertiary alicyclic amines) is 1. The quantitative estimate of drug-likeness (QED) is 0.841. The van der Waals surface area contributed by atoms with Crippen molar-refractivity contribution in [2.45, 2.75) is 25.4 Å². The lowest BCUT2D eigenvalue weighted by Gasteiger charge is -2.32. The zero-order valence-electron chi connectivity index (χ0n) is 14.9. The van der Waals surface area contributed by atoms with Crippen LogP contribution in [0.15, 0.2) is 48.5 Å². The molecule has 0 atom stereocenters. The zero-order chi connectivity index (χ0) is 18.5. The van der Waals surface area contributed by atoms with E-state index in [0.29, 0.717) is 38.0 Å². The third-order valence-corrected chi connectivity index (χ3v) is 4.67. The van der Waals surface area contributed by atoms with Crippen LogP contribution in [-0.2, 0) is 6.54 Å². The van der Waals surface area contributed by atoms with Gasteiger partial charge in [-0.3, -0.25) is 9.59 Å². The molecular formula is C20H23ClFN3O2. The maximum atomic E-state index is 13.8. The summed E-state index contributed by atoms with van der Waals surface area (Å²) in [5.41, 5.74) is 7.21. The summed E-state index contributed by atoms with van der Waals surface area (Å²) in [5.74, 6) is -0.938. The number of carbonyl (C=O) groups excluding carboxylic acids is 2. The summed E-state index contributed by atoms with van der Waals surface area (Å²) in [5, 5.41) is 3.00. The van der Waals surface area contributed by atoms with Gasteiger partial charge < -0.3 is 16.0 Å². The van der Waals surface area contributed by atoms with Gasteiger partial charge in [0.25, 0.3) is 11.8 Å². The lowest BCUT2D eigenvalue weighted by Crippen LogP contribution is -2.46. The number of piperidine rings is 1. The Hall–Kier alpha value is -2.44. The average Bonchev–Trinajstić information content (AvgIpc) is 2.68. The molecule has 1 heterocycles. The van der Waals surface area contributed by atoms with Crippen LogP contribution in [0.3, 0.4) is 0 Å². The average molecular weight is 392 g/mol. The first-order valence-electron chi connectivity index (χ1n) is 8.72. The largest absolute Gasteiger partial charge is 0.349 e. The molecule has 7 heteroatoms. The predicted molar refractivity (Wildman–Crippen MR) is 104 cm³/mol. The third kappa shape index (κ3) is 5.05. The summed E-state index contributed by atoms with van der Waals surface area (Å²) in [6.07, 6.45) is 1.29. The van der Waals surface area contributed by atoms with Gasteiger partial charge in [-0.05, 0) is 42.7 Å². The van der Waals surface area contributed by atoms with Crippen molar-refractivity contribution in [1.29, 1.82) is 0 Å². The molecule has 1 aliphatic heterocycles. The van der Waals surface area contributed by atoms with Crippen LogP contribution in [-0.4, -0.2) is 35.8 Å². The molecule has 3 N–H and O–H groups in total. The van der Waals surface area contributed by atoms with E-state index in [4.69, 9.17) is 5.73 Å². The van der Waals surface area contributed by atoms with Gasteiger partial charge in [-0.25, -0.2) is 4.39 Å². The third-order valence-electron chi connectivity index (χ3n) is 4.67. The Morgan fingerprint density at radius 1 is 1.07 bits per heavy atom. The number of hydrogen-bond acceptors (Lipinski definition) is 3. The van der Waals surface area contributed by atoms with Gasteiger partial charge in [-0.1, -0.05) is 24.3 Å². The number of amides is 2. The van der Waals surface area contributed by atoms with Crippen LogP contribution in [0.25, 0.3) is 0 Å². The minimum atomic E-state index is -0.506. The van der Waals surface area contributed by atoms with Gasteiger partial charge in [0.2, 0.25) is 0 Å². The van der Waals surface area contributed by atoms with Crippen molar-refractivity contribution in [1.82, 2.24) is 10.2 Å². The highest BCUT2D eigenvalue weighted by molar-refractivity contribution is 5.95. The molecule has 3 rings (SSSR count). The Kier molecular flexibility index (Phi) is 7.33. The van der Waals surface area contributed by atoms with Crippen molar-refractivity contribution in [3.8, 4) is 0 Å². The molecule has 0 bridgehead atoms. The molecule has 144 valence electrons. The minimum Gasteiger partial charge on any atom is -0.349 e. The molecular weight excluding hydrogens is 369 g/mol. The topological polar surface area (TPSA) is 75.4 Å². The summed E-state index contributed by atoms with van der Waals surface area (Å²) >= 11 is 0. The fraction of sp³-hybridized carbons (Fsp3) is 0.300. The summed E-state index contributed by atoms with van der Waals surface area (Å²) in [4.78, 5) is 26.4. The molecule has 27 heavy (non-hydrogen) atoms. The van der Waals surface area contributed by atoms with Crippen LogP contribution in [0.2, 0.25) is 0 Å². The van der Waals surface area contributed by atoms with Gasteiger partial charge in [0.05, 0.1) is 5.56 Å². The highest BCUT2D eigenvalue weighted by Gasteiger charge is 2.26. The van der Waals surface area contributed by atoms with Crippen molar-refractivity contribution in [3.05, 3.63) is 71.0 Å². The van der Waals surface area contributed by atoms with Crippen LogP contribution in [0, 0.1) is 5.82 Å². The second kappa shape index (κ2) is 9.48. The number of carbonyl (C=O) groups is 2. The number of halogens is 2. The van der Waals surface area contributed by atoms with Crippen molar-refractivity contribution >= 4 is 24.2 Å². The van der Waals surface area contributed by atoms with Gasteiger partial charge in [0.1, 0.15) is 5.82 Å². The van der Waals surface area contributed by atoms with Crippen molar-refractivity contribution in [2.75, 3.05) is 13.1 Å². The molecule has 0 radical (unpaired) electrons. The number of nitrogens with zero attached hydrogens (tertiary/aromatic N) is 1. The Labute approximate surface area is 164 Å². The van der Waals surface area contributed by atoms with Crippen LogP contribution in [0.4, 0.5) is 4.39 Å². The number of rotatable bonds is 4. The summed E-state index contributed by atoms with van der Waals surface area (Å²) in [7, 11) is 0. The maximum absolute atomic E-state index is 13.8. The zero-order valence-corrected chi connectivity index (χ0v) is 15.7. The molecule has 0 spiro atoms. The highest BCUT2D eigenvalue weighted by Crippen LogP contribution is 2.16. The summed E-state index contributed by atoms with van der Waals surface area (Å²) in [6.45, 7) is 1.42. The summed E-state index contributed by atoms with van der Waals surface area (Å²) < 4.78 is 13.8. The minimum absolute atomic E-state index is 0. The van der Waals surface area contributed by atoms with Crippen molar-refractivity contribution in [2.24, 2.45) is 5.73 Å². The van der Waals surface area contributed by atoms with Gasteiger partial charge >= 0.3 is 0 Å². The lowest BCUT2D eigenvalue weighted by atomic mass is 10.0. The second-order valence-corrected chi connectivity index (χ2v) is 6.42. The van der Waals surface area contributed by atoms with Crippen LogP contribution < -0.4 is 11.1 Å². The van der Waals surface area contributed by atoms with E-state index in [2.05, 4.69) is 5.32 Å². The Balaban J connectivity index is 0.00000261. The monoisotopic (exact) mass is 391 g/mol. The molecule has 2 aromatic rings. The van der Waals surface area contributed by atoms with Gasteiger partial charge in [-0.15, -0.1) is 12.4 Å². The normalized spacial score (nSPS) is 14.4. The summed E-state index contributed by atoms with van der Waals surface area (Å²) in [6, 6.07) is 13.2. The van der Waals surface area contributed by atoms with E-state index in [0.717, 1.165) is 5.56 Å². The molecule has 0 saturated carbocycles. The standard InChI is InChI=1S/C20H22FN3O2.ClH/c21-18-4-2-1-3-17(18)20(26)24-11-9-16(10-12-24)23-19(25)15-7-5-14(13-22)6-8-15;/h1-8,16H,9-13,22H2,(H,23,25);1H. The van der Waals surface area contributed by atoms with Gasteiger partial charge in [0, 0.05) is 31.2 Å². The molecule has 1 saturated heterocycles. The molecule has 2 aromatic carbocycles. The fourth-order valence-electron chi connectivity index (χ4n) is 3.09. The Morgan fingerprint density at radius 2 is 1.70 bits per heavy atom. The molecule has 0 aromatic heterocycles. The van der Waals surface area contributed by atoms with Crippen LogP contribution >= 0.6 is 12.4 Å². The lowest BCUT2D eigenvalue weighted by molar-refractivity contribution is 0.0693. The van der Waals surface area contributed by atoms with E-state index in [-0.39, 0.29) is 35.8 Å². The second-order valence-electron chi connectivity index (χ2n) is 6.42. The molecule has 0 aliphatic carbocycles. The van der Waals surface area contributed by atoms with Crippen molar-refractivity contribution in [3.63, 3.8) is 0 Å². The number of nitrogens with two attached hydrogens (primary N) is 1. The maximum Gasteiger partial charge on any atom is 0.256 e. The van der Waals surface area contributed by atoms with Crippen molar-refractivity contribution < 1.29 is 14.0 Å². The molecule has 5 nitrogen and oxygen atoms in total. The Bertz CT molecular complexity index is 790. The number of nitrogens with one attached hydrogen (secondary N) is 1. The SMILES string of the molecule is Cl.NCc1ccc(C(=O)NC2CCN(C(=O)c3ccccc3F)CC2)cc1. The van der Waals surface area contributed by atoms with E-state index < -0.39 is 5.82 Å². The first-order chi connectivity index (χ1) is 12.6. The Morgan fingerprint density at radius 3 is 2.30 bits per heavy atom. The van der Waals surface area contributed by atoms with E-state index in [1.807, 2.05) is 12.1 Å². The predicted octanol–water partition coefficient (Wildman–Crippen LogP) is 2.74. The smallest absolute Gasteiger partial charge is 0.256 e. The van der Waals surface area contributed by atoms with Gasteiger partial charge in [-0.2, -0.15) is 0 Å². The van der Waals surface area contributed by atoms with Gasteiger partial charge in [0.15, 0.2) is 0 Å². The fourth-order valence-corrected chi connectivity index (χ4v) is 3.09. The van der Waals surface area contributed by atoms with E-state index in [1.165, 1.54) is 12.1 Å².